The summed E-state index contributed by atoms with van der Waals surface area (Å²) < 4.78 is 15.3. The first-order valence-electron chi connectivity index (χ1n) is 5.78. The Bertz CT molecular complexity index is 525. The van der Waals surface area contributed by atoms with E-state index in [2.05, 4.69) is 10.4 Å². The van der Waals surface area contributed by atoms with E-state index < -0.39 is 0 Å². The molecule has 0 fully saturated rings. The Labute approximate surface area is 111 Å². The summed E-state index contributed by atoms with van der Waals surface area (Å²) >= 11 is 5.83. The van der Waals surface area contributed by atoms with E-state index in [0.29, 0.717) is 17.1 Å². The zero-order valence-electron chi connectivity index (χ0n) is 10.2. The molecule has 0 unspecified atom stereocenters. The van der Waals surface area contributed by atoms with E-state index in [0.717, 1.165) is 18.7 Å². The minimum absolute atomic E-state index is 0.229. The molecule has 0 aliphatic heterocycles. The Hall–Kier alpha value is -1.39. The van der Waals surface area contributed by atoms with Gasteiger partial charge in [-0.2, -0.15) is 5.10 Å². The Morgan fingerprint density at radius 1 is 1.39 bits per heavy atom. The first-order valence-corrected chi connectivity index (χ1v) is 6.16. The molecule has 0 aliphatic carbocycles. The summed E-state index contributed by atoms with van der Waals surface area (Å²) in [4.78, 5) is 0. The fourth-order valence-electron chi connectivity index (χ4n) is 1.76. The van der Waals surface area contributed by atoms with Gasteiger partial charge in [0, 0.05) is 49.0 Å². The van der Waals surface area contributed by atoms with Crippen LogP contribution in [-0.2, 0) is 20.0 Å². The van der Waals surface area contributed by atoms with Gasteiger partial charge in [0.05, 0.1) is 0 Å². The van der Waals surface area contributed by atoms with E-state index in [1.165, 1.54) is 6.07 Å². The van der Waals surface area contributed by atoms with Gasteiger partial charge in [0.2, 0.25) is 0 Å². The Kier molecular flexibility index (Phi) is 4.33. The second-order valence-corrected chi connectivity index (χ2v) is 4.55. The molecule has 2 rings (SSSR count). The summed E-state index contributed by atoms with van der Waals surface area (Å²) in [6.07, 6.45) is 2.63. The number of aryl methyl sites for hydroxylation is 1. The van der Waals surface area contributed by atoms with Crippen molar-refractivity contribution in [2.45, 2.75) is 13.0 Å². The third kappa shape index (κ3) is 3.31. The summed E-state index contributed by atoms with van der Waals surface area (Å²) in [7, 11) is 1.91. The zero-order valence-corrected chi connectivity index (χ0v) is 10.9. The molecular formula is C13H15ClFN3. The third-order valence-corrected chi connectivity index (χ3v) is 3.04. The molecule has 1 N–H and O–H groups in total. The van der Waals surface area contributed by atoms with Crippen LogP contribution < -0.4 is 5.32 Å². The largest absolute Gasteiger partial charge is 0.312 e. The Balaban J connectivity index is 1.82. The lowest BCUT2D eigenvalue weighted by atomic mass is 10.2. The highest BCUT2D eigenvalue weighted by molar-refractivity contribution is 6.30. The lowest BCUT2D eigenvalue weighted by Crippen LogP contribution is -2.18. The second-order valence-electron chi connectivity index (χ2n) is 4.11. The Morgan fingerprint density at radius 2 is 2.22 bits per heavy atom. The molecule has 3 nitrogen and oxygen atoms in total. The van der Waals surface area contributed by atoms with Crippen molar-refractivity contribution in [3.8, 4) is 0 Å². The van der Waals surface area contributed by atoms with Gasteiger partial charge in [0.1, 0.15) is 5.82 Å². The number of nitrogens with one attached hydrogen (secondary N) is 1. The lowest BCUT2D eigenvalue weighted by Gasteiger charge is -2.06. The van der Waals surface area contributed by atoms with Gasteiger partial charge in [-0.3, -0.25) is 4.68 Å². The monoisotopic (exact) mass is 267 g/mol. The predicted octanol–water partition coefficient (Wildman–Crippen LogP) is 2.54. The maximum absolute atomic E-state index is 13.4. The molecule has 0 spiro atoms. The van der Waals surface area contributed by atoms with Crippen molar-refractivity contribution < 1.29 is 4.39 Å². The molecule has 0 bridgehead atoms. The highest BCUT2D eigenvalue weighted by atomic mass is 35.5. The van der Waals surface area contributed by atoms with Gasteiger partial charge in [-0.1, -0.05) is 11.6 Å². The number of nitrogens with zero attached hydrogens (tertiary/aromatic N) is 2. The van der Waals surface area contributed by atoms with Gasteiger partial charge >= 0.3 is 0 Å². The van der Waals surface area contributed by atoms with Gasteiger partial charge in [-0.25, -0.2) is 4.39 Å². The first kappa shape index (κ1) is 13.1. The SMILES string of the molecule is Cn1nccc1CCNCc1cc(Cl)ccc1F. The lowest BCUT2D eigenvalue weighted by molar-refractivity contribution is 0.583. The standard InChI is InChI=1S/C13H15ClFN3/c1-18-12(5-7-17-18)4-6-16-9-10-8-11(14)2-3-13(10)15/h2-3,5,7-8,16H,4,6,9H2,1H3. The van der Waals surface area contributed by atoms with E-state index in [4.69, 9.17) is 11.6 Å². The van der Waals surface area contributed by atoms with E-state index in [1.54, 1.807) is 18.3 Å². The molecule has 5 heteroatoms. The van der Waals surface area contributed by atoms with Crippen molar-refractivity contribution in [2.75, 3.05) is 6.54 Å². The zero-order chi connectivity index (χ0) is 13.0. The molecule has 0 radical (unpaired) electrons. The van der Waals surface area contributed by atoms with Crippen LogP contribution in [0.4, 0.5) is 4.39 Å². The molecule has 0 saturated carbocycles. The van der Waals surface area contributed by atoms with Crippen molar-refractivity contribution in [2.24, 2.45) is 7.05 Å². The van der Waals surface area contributed by atoms with Crippen molar-refractivity contribution in [1.82, 2.24) is 15.1 Å². The molecule has 0 saturated heterocycles. The number of hydrogen-bond acceptors (Lipinski definition) is 2. The van der Waals surface area contributed by atoms with Crippen molar-refractivity contribution in [3.05, 3.63) is 52.6 Å². The van der Waals surface area contributed by atoms with Crippen LogP contribution in [0, 0.1) is 5.82 Å². The first-order chi connectivity index (χ1) is 8.66. The van der Waals surface area contributed by atoms with Crippen LogP contribution in [0.3, 0.4) is 0 Å². The fourth-order valence-corrected chi connectivity index (χ4v) is 1.96. The molecule has 1 heterocycles. The maximum atomic E-state index is 13.4. The van der Waals surface area contributed by atoms with Crippen LogP contribution in [0.25, 0.3) is 0 Å². The quantitative estimate of drug-likeness (QED) is 0.844. The van der Waals surface area contributed by atoms with Crippen LogP contribution in [-0.4, -0.2) is 16.3 Å². The smallest absolute Gasteiger partial charge is 0.127 e. The van der Waals surface area contributed by atoms with Crippen LogP contribution in [0.1, 0.15) is 11.3 Å². The van der Waals surface area contributed by atoms with E-state index in [-0.39, 0.29) is 5.82 Å². The third-order valence-electron chi connectivity index (χ3n) is 2.80. The van der Waals surface area contributed by atoms with Crippen molar-refractivity contribution in [3.63, 3.8) is 0 Å². The van der Waals surface area contributed by atoms with Crippen LogP contribution in [0.15, 0.2) is 30.5 Å². The van der Waals surface area contributed by atoms with Crippen LogP contribution in [0.2, 0.25) is 5.02 Å². The molecule has 1 aromatic carbocycles. The topological polar surface area (TPSA) is 29.9 Å². The molecule has 0 amide bonds. The van der Waals surface area contributed by atoms with Gasteiger partial charge in [0.25, 0.3) is 0 Å². The molecular weight excluding hydrogens is 253 g/mol. The van der Waals surface area contributed by atoms with Gasteiger partial charge in [-0.05, 0) is 24.3 Å². The van der Waals surface area contributed by atoms with Gasteiger partial charge < -0.3 is 5.32 Å². The summed E-state index contributed by atoms with van der Waals surface area (Å²) in [6.45, 7) is 1.25. The number of aromatic nitrogens is 2. The summed E-state index contributed by atoms with van der Waals surface area (Å²) in [5.74, 6) is -0.229. The number of rotatable bonds is 5. The predicted molar refractivity (Wildman–Crippen MR) is 70.0 cm³/mol. The maximum Gasteiger partial charge on any atom is 0.127 e. The molecule has 2 aromatic rings. The van der Waals surface area contributed by atoms with Gasteiger partial charge in [-0.15, -0.1) is 0 Å². The fraction of sp³-hybridized carbons (Fsp3) is 0.308. The van der Waals surface area contributed by atoms with Crippen LogP contribution >= 0.6 is 11.6 Å². The van der Waals surface area contributed by atoms with E-state index in [1.807, 2.05) is 17.8 Å². The minimum atomic E-state index is -0.229. The van der Waals surface area contributed by atoms with Crippen LogP contribution in [0.5, 0.6) is 0 Å². The average Bonchev–Trinajstić information content (AvgIpc) is 2.75. The van der Waals surface area contributed by atoms with Crippen molar-refractivity contribution in [1.29, 1.82) is 0 Å². The normalized spacial score (nSPS) is 10.8. The molecule has 18 heavy (non-hydrogen) atoms. The highest BCUT2D eigenvalue weighted by Crippen LogP contribution is 2.14. The molecule has 0 atom stereocenters. The van der Waals surface area contributed by atoms with Gasteiger partial charge in [0.15, 0.2) is 0 Å². The Morgan fingerprint density at radius 3 is 2.94 bits per heavy atom. The van der Waals surface area contributed by atoms with Crippen molar-refractivity contribution >= 4 is 11.6 Å². The molecule has 0 aliphatic rings. The summed E-state index contributed by atoms with van der Waals surface area (Å²) in [5.41, 5.74) is 1.74. The average molecular weight is 268 g/mol. The van der Waals surface area contributed by atoms with E-state index in [9.17, 15) is 4.39 Å². The highest BCUT2D eigenvalue weighted by Gasteiger charge is 2.03. The molecule has 96 valence electrons. The number of halogens is 2. The van der Waals surface area contributed by atoms with E-state index >= 15 is 0 Å². The summed E-state index contributed by atoms with van der Waals surface area (Å²) in [6, 6.07) is 6.56. The summed E-state index contributed by atoms with van der Waals surface area (Å²) in [5, 5.41) is 7.84. The second kappa shape index (κ2) is 5.98. The number of benzene rings is 1. The number of hydrogen-bond donors (Lipinski definition) is 1. The molecule has 1 aromatic heterocycles. The minimum Gasteiger partial charge on any atom is -0.312 e.